The molecule has 0 fully saturated rings. The van der Waals surface area contributed by atoms with E-state index < -0.39 is 52.9 Å². The lowest BCUT2D eigenvalue weighted by Crippen LogP contribution is -2.24. The molecule has 0 unspecified atom stereocenters. The zero-order chi connectivity index (χ0) is 35.6. The molecule has 0 saturated heterocycles. The number of hydrogen-bond donors (Lipinski definition) is 1. The van der Waals surface area contributed by atoms with E-state index >= 15 is 0 Å². The average Bonchev–Trinajstić information content (AvgIpc) is 3.06. The number of carbonyl (C=O) groups is 2. The van der Waals surface area contributed by atoms with Crippen LogP contribution < -0.4 is 11.1 Å². The van der Waals surface area contributed by atoms with Gasteiger partial charge >= 0.3 is 11.9 Å². The topological polar surface area (TPSA) is 133 Å². The lowest BCUT2D eigenvalue weighted by molar-refractivity contribution is 0.0600. The molecule has 1 N–H and O–H groups in total. The van der Waals surface area contributed by atoms with Crippen molar-refractivity contribution < 1.29 is 37.0 Å². The van der Waals surface area contributed by atoms with Gasteiger partial charge in [0.2, 0.25) is 0 Å². The van der Waals surface area contributed by atoms with Gasteiger partial charge in [0.25, 0.3) is 11.1 Å². The lowest BCUT2D eigenvalue weighted by Gasteiger charge is -2.12. The van der Waals surface area contributed by atoms with E-state index in [9.17, 15) is 41.8 Å². The number of methoxy groups -OCH3 is 1. The van der Waals surface area contributed by atoms with Gasteiger partial charge in [0.1, 0.15) is 34.4 Å². The van der Waals surface area contributed by atoms with Crippen LogP contribution in [0.1, 0.15) is 31.8 Å². The molecule has 4 aromatic heterocycles. The van der Waals surface area contributed by atoms with Crippen molar-refractivity contribution in [1.29, 1.82) is 0 Å². The predicted molar refractivity (Wildman–Crippen MR) is 177 cm³/mol. The molecule has 10 nitrogen and oxygen atoms in total. The van der Waals surface area contributed by atoms with Crippen molar-refractivity contribution in [3.8, 4) is 0 Å². The fraction of sp³-hybridized carbons (Fsp3) is 0.0909. The summed E-state index contributed by atoms with van der Waals surface area (Å²) in [4.78, 5) is 56.4. The van der Waals surface area contributed by atoms with Crippen molar-refractivity contribution in [2.24, 2.45) is 0 Å². The zero-order valence-corrected chi connectivity index (χ0v) is 28.1. The van der Waals surface area contributed by atoms with E-state index in [-0.39, 0.29) is 59.5 Å². The number of carboxylic acids is 1. The number of aromatic carboxylic acids is 1. The van der Waals surface area contributed by atoms with Gasteiger partial charge < -0.3 is 19.0 Å². The Hall–Kier alpha value is -5.22. The van der Waals surface area contributed by atoms with Crippen molar-refractivity contribution in [1.82, 2.24) is 19.1 Å². The Kier molecular flexibility index (Phi) is 10.4. The standard InChI is InChI=1S/C17H11BrF2N2O3.C16H9BrF2N2O3/c1-25-17(24)12-8-22(16(23)10-3-2-4-21-15(10)12)7-11-13(19)5-9(18)6-14(11)20;17-8-4-12(18)10(13(19)5-8)6-21-7-11(16(23)24)14-9(15(21)22)2-1-3-20-14/h2-6,8H,7H2,1H3;1-5,7H,6H2,(H,23,24). The molecule has 0 amide bonds. The third-order valence-corrected chi connectivity index (χ3v) is 8.10. The summed E-state index contributed by atoms with van der Waals surface area (Å²) in [6.45, 7) is -0.812. The van der Waals surface area contributed by atoms with E-state index in [0.717, 1.165) is 39.6 Å². The van der Waals surface area contributed by atoms with E-state index in [4.69, 9.17) is 4.74 Å². The van der Waals surface area contributed by atoms with Gasteiger partial charge in [0, 0.05) is 44.9 Å². The van der Waals surface area contributed by atoms with Crippen molar-refractivity contribution in [3.63, 3.8) is 0 Å². The normalized spacial score (nSPS) is 10.9. The summed E-state index contributed by atoms with van der Waals surface area (Å²) in [6, 6.07) is 10.3. The van der Waals surface area contributed by atoms with Gasteiger partial charge in [-0.1, -0.05) is 31.9 Å². The van der Waals surface area contributed by atoms with E-state index in [2.05, 4.69) is 41.8 Å². The van der Waals surface area contributed by atoms with Crippen LogP contribution in [0.5, 0.6) is 0 Å². The molecule has 0 saturated carbocycles. The highest BCUT2D eigenvalue weighted by Crippen LogP contribution is 2.23. The Morgan fingerprint density at radius 2 is 1.12 bits per heavy atom. The van der Waals surface area contributed by atoms with E-state index in [1.54, 1.807) is 0 Å². The fourth-order valence-electron chi connectivity index (χ4n) is 4.88. The summed E-state index contributed by atoms with van der Waals surface area (Å²) in [5.41, 5.74) is -1.69. The zero-order valence-electron chi connectivity index (χ0n) is 24.9. The second kappa shape index (κ2) is 14.5. The number of pyridine rings is 4. The lowest BCUT2D eigenvalue weighted by atomic mass is 10.1. The molecule has 49 heavy (non-hydrogen) atoms. The average molecular weight is 804 g/mol. The van der Waals surface area contributed by atoms with Gasteiger partial charge in [-0.3, -0.25) is 19.6 Å². The molecule has 2 aromatic carbocycles. The minimum absolute atomic E-state index is 0.0306. The Bertz CT molecular complexity index is 2370. The monoisotopic (exact) mass is 802 g/mol. The maximum absolute atomic E-state index is 14.1. The van der Waals surface area contributed by atoms with E-state index in [0.29, 0.717) is 0 Å². The largest absolute Gasteiger partial charge is 0.478 e. The molecule has 250 valence electrons. The van der Waals surface area contributed by atoms with Gasteiger partial charge in [-0.05, 0) is 48.5 Å². The molecule has 16 heteroatoms. The summed E-state index contributed by atoms with van der Waals surface area (Å²) in [7, 11) is 1.20. The number of halogens is 6. The second-order valence-corrected chi connectivity index (χ2v) is 12.1. The Balaban J connectivity index is 0.000000191. The van der Waals surface area contributed by atoms with Crippen LogP contribution in [0.15, 0.2) is 91.9 Å². The number of nitrogens with zero attached hydrogens (tertiary/aromatic N) is 4. The first kappa shape index (κ1) is 35.1. The number of ether oxygens (including phenoxy) is 1. The maximum Gasteiger partial charge on any atom is 0.341 e. The van der Waals surface area contributed by atoms with E-state index in [1.807, 2.05) is 0 Å². The molecular formula is C33H20Br2F4N4O6. The molecule has 0 aliphatic carbocycles. The Morgan fingerprint density at radius 3 is 1.51 bits per heavy atom. The van der Waals surface area contributed by atoms with Gasteiger partial charge in [0.15, 0.2) is 0 Å². The van der Waals surface area contributed by atoms with Gasteiger partial charge in [-0.25, -0.2) is 27.2 Å². The molecule has 6 aromatic rings. The highest BCUT2D eigenvalue weighted by molar-refractivity contribution is 9.10. The third kappa shape index (κ3) is 7.29. The number of benzene rings is 2. The van der Waals surface area contributed by atoms with Crippen LogP contribution in [0.4, 0.5) is 17.6 Å². The number of carboxylic acid groups (broad SMARTS) is 1. The molecule has 0 bridgehead atoms. The summed E-state index contributed by atoms with van der Waals surface area (Å²) in [5, 5.41) is 9.52. The summed E-state index contributed by atoms with van der Waals surface area (Å²) >= 11 is 5.98. The molecule has 0 aliphatic heterocycles. The van der Waals surface area contributed by atoms with Crippen LogP contribution >= 0.6 is 31.9 Å². The molecule has 0 aliphatic rings. The van der Waals surface area contributed by atoms with Crippen LogP contribution in [-0.4, -0.2) is 43.3 Å². The van der Waals surface area contributed by atoms with Crippen molar-refractivity contribution >= 4 is 65.6 Å². The molecule has 0 atom stereocenters. The Morgan fingerprint density at radius 1 is 0.735 bits per heavy atom. The number of carbonyl (C=O) groups excluding carboxylic acids is 1. The van der Waals surface area contributed by atoms with Crippen LogP contribution in [0.2, 0.25) is 0 Å². The minimum atomic E-state index is -1.29. The van der Waals surface area contributed by atoms with Gasteiger partial charge in [0.05, 0.1) is 42.0 Å². The number of fused-ring (bicyclic) bond motifs is 2. The first-order valence-electron chi connectivity index (χ1n) is 13.9. The number of aromatic nitrogens is 4. The summed E-state index contributed by atoms with van der Waals surface area (Å²) < 4.78 is 63.3. The van der Waals surface area contributed by atoms with Crippen LogP contribution in [0.3, 0.4) is 0 Å². The minimum Gasteiger partial charge on any atom is -0.478 e. The smallest absolute Gasteiger partial charge is 0.341 e. The highest BCUT2D eigenvalue weighted by atomic mass is 79.9. The highest BCUT2D eigenvalue weighted by Gasteiger charge is 2.20. The first-order chi connectivity index (χ1) is 23.3. The first-order valence-corrected chi connectivity index (χ1v) is 15.4. The molecular weight excluding hydrogens is 784 g/mol. The molecule has 0 radical (unpaired) electrons. The van der Waals surface area contributed by atoms with Crippen molar-refractivity contribution in [3.05, 3.63) is 148 Å². The Labute approximate surface area is 289 Å². The quantitative estimate of drug-likeness (QED) is 0.150. The van der Waals surface area contributed by atoms with Gasteiger partial charge in [-0.15, -0.1) is 0 Å². The van der Waals surface area contributed by atoms with E-state index in [1.165, 1.54) is 50.0 Å². The van der Waals surface area contributed by atoms with Crippen LogP contribution in [0, 0.1) is 23.3 Å². The SMILES string of the molecule is COC(=O)c1cn(Cc2c(F)cc(Br)cc2F)c(=O)c2cccnc12.O=C(O)c1cn(Cc2c(F)cc(Br)cc2F)c(=O)c2cccnc12. The number of hydrogen-bond acceptors (Lipinski definition) is 7. The maximum atomic E-state index is 14.1. The van der Waals surface area contributed by atoms with Crippen molar-refractivity contribution in [2.75, 3.05) is 7.11 Å². The fourth-order valence-corrected chi connectivity index (χ4v) is 5.69. The molecule has 6 rings (SSSR count). The van der Waals surface area contributed by atoms with Crippen LogP contribution in [0.25, 0.3) is 21.8 Å². The molecule has 4 heterocycles. The predicted octanol–water partition coefficient (Wildman–Crippen LogP) is 6.46. The molecule has 0 spiro atoms. The third-order valence-electron chi connectivity index (χ3n) is 7.18. The second-order valence-electron chi connectivity index (χ2n) is 10.2. The summed E-state index contributed by atoms with van der Waals surface area (Å²) in [5.74, 6) is -5.26. The number of rotatable bonds is 6. The van der Waals surface area contributed by atoms with Crippen molar-refractivity contribution in [2.45, 2.75) is 13.1 Å². The number of esters is 1. The summed E-state index contributed by atoms with van der Waals surface area (Å²) in [6.07, 6.45) is 5.05. The van der Waals surface area contributed by atoms with Gasteiger partial charge in [-0.2, -0.15) is 0 Å². The van der Waals surface area contributed by atoms with Crippen LogP contribution in [-0.2, 0) is 17.8 Å².